The molecule has 26 heavy (non-hydrogen) atoms. The van der Waals surface area contributed by atoms with Crippen LogP contribution < -0.4 is 0 Å². The maximum Gasteiger partial charge on any atom is 0.416 e. The highest BCUT2D eigenvalue weighted by Gasteiger charge is 2.30. The molecule has 4 rings (SSSR count). The molecular formula is C17H12F3N3OS2. The minimum absolute atomic E-state index is 0.292. The number of fused-ring (bicyclic) bond motifs is 2. The zero-order valence-corrected chi connectivity index (χ0v) is 15.1. The Hall–Kier alpha value is -2.26. The van der Waals surface area contributed by atoms with E-state index in [-0.39, 0.29) is 0 Å². The molecule has 4 nitrogen and oxygen atoms in total. The molecule has 0 saturated heterocycles. The van der Waals surface area contributed by atoms with Crippen LogP contribution in [0.4, 0.5) is 13.2 Å². The Morgan fingerprint density at radius 1 is 1.23 bits per heavy atom. The van der Waals surface area contributed by atoms with Gasteiger partial charge in [-0.3, -0.25) is 4.21 Å². The topological polar surface area (TPSA) is 47.8 Å². The third-order valence-electron chi connectivity index (χ3n) is 4.02. The van der Waals surface area contributed by atoms with E-state index in [1.807, 2.05) is 18.2 Å². The van der Waals surface area contributed by atoms with Crippen LogP contribution in [-0.2, 0) is 23.5 Å². The summed E-state index contributed by atoms with van der Waals surface area (Å²) in [6.07, 6.45) is -1.29. The molecule has 1 unspecified atom stereocenters. The van der Waals surface area contributed by atoms with Crippen LogP contribution in [0.3, 0.4) is 0 Å². The number of hydrogen-bond donors (Lipinski definition) is 0. The molecule has 0 bridgehead atoms. The first kappa shape index (κ1) is 17.2. The highest BCUT2D eigenvalue weighted by molar-refractivity contribution is 7.86. The fourth-order valence-electron chi connectivity index (χ4n) is 2.79. The van der Waals surface area contributed by atoms with Crippen molar-refractivity contribution in [3.63, 3.8) is 0 Å². The lowest BCUT2D eigenvalue weighted by Gasteiger charge is -2.08. The third-order valence-corrected chi connectivity index (χ3v) is 6.37. The Morgan fingerprint density at radius 2 is 2.04 bits per heavy atom. The van der Waals surface area contributed by atoms with E-state index in [1.165, 1.54) is 23.7 Å². The predicted molar refractivity (Wildman–Crippen MR) is 95.8 cm³/mol. The van der Waals surface area contributed by atoms with Crippen LogP contribution in [0, 0.1) is 0 Å². The molecule has 0 radical (unpaired) electrons. The Kier molecular flexibility index (Phi) is 4.07. The number of nitrogens with zero attached hydrogens (tertiary/aromatic N) is 3. The average molecular weight is 395 g/mol. The Bertz CT molecular complexity index is 1150. The minimum Gasteiger partial charge on any atom is -0.326 e. The van der Waals surface area contributed by atoms with Gasteiger partial charge in [-0.25, -0.2) is 9.97 Å². The average Bonchev–Trinajstić information content (AvgIpc) is 3.18. The third kappa shape index (κ3) is 3.01. The van der Waals surface area contributed by atoms with Gasteiger partial charge >= 0.3 is 6.18 Å². The zero-order valence-electron chi connectivity index (χ0n) is 13.4. The molecule has 0 aliphatic rings. The van der Waals surface area contributed by atoms with Crippen LogP contribution in [0.25, 0.3) is 21.3 Å². The van der Waals surface area contributed by atoms with E-state index in [0.29, 0.717) is 21.9 Å². The first-order valence-corrected chi connectivity index (χ1v) is 9.94. The van der Waals surface area contributed by atoms with Gasteiger partial charge in [0.2, 0.25) is 0 Å². The van der Waals surface area contributed by atoms with Crippen molar-refractivity contribution in [2.75, 3.05) is 6.26 Å². The molecule has 0 aliphatic carbocycles. The summed E-state index contributed by atoms with van der Waals surface area (Å²) in [5, 5.41) is 0. The summed E-state index contributed by atoms with van der Waals surface area (Å²) in [6, 6.07) is 9.24. The Balaban J connectivity index is 1.76. The molecule has 9 heteroatoms. The maximum absolute atomic E-state index is 12.8. The first-order chi connectivity index (χ1) is 12.3. The highest BCUT2D eigenvalue weighted by atomic mass is 32.2. The summed E-state index contributed by atoms with van der Waals surface area (Å²) in [4.78, 5) is 8.55. The smallest absolute Gasteiger partial charge is 0.326 e. The number of hydrogen-bond acceptors (Lipinski definition) is 4. The standard InChI is InChI=1S/C17H12F3N3OS2/c1-26(24)16-22-15-10(3-2-4-14(15)25-16)8-23-9-21-12-7-11(17(18,19)20)5-6-13(12)23/h2-7,9H,8H2,1H3. The number of aromatic nitrogens is 3. The molecule has 2 aromatic heterocycles. The SMILES string of the molecule is CS(=O)c1nc2c(Cn3cnc4cc(C(F)(F)F)ccc43)cccc2s1. The van der Waals surface area contributed by atoms with Gasteiger partial charge in [0.1, 0.15) is 0 Å². The van der Waals surface area contributed by atoms with E-state index in [1.54, 1.807) is 10.8 Å². The quantitative estimate of drug-likeness (QED) is 0.515. The lowest BCUT2D eigenvalue weighted by atomic mass is 10.1. The lowest BCUT2D eigenvalue weighted by molar-refractivity contribution is -0.137. The number of halogens is 3. The molecule has 2 aromatic carbocycles. The van der Waals surface area contributed by atoms with Crippen LogP contribution in [0.5, 0.6) is 0 Å². The van der Waals surface area contributed by atoms with Crippen molar-refractivity contribution in [3.8, 4) is 0 Å². The first-order valence-electron chi connectivity index (χ1n) is 7.57. The van der Waals surface area contributed by atoms with E-state index >= 15 is 0 Å². The number of thiazole rings is 1. The van der Waals surface area contributed by atoms with Crippen LogP contribution >= 0.6 is 11.3 Å². The second kappa shape index (κ2) is 6.17. The van der Waals surface area contributed by atoms with Crippen molar-refractivity contribution in [3.05, 3.63) is 53.9 Å². The van der Waals surface area contributed by atoms with Gasteiger partial charge in [0.25, 0.3) is 0 Å². The molecule has 0 amide bonds. The van der Waals surface area contributed by atoms with Gasteiger partial charge in [-0.05, 0) is 29.8 Å². The molecule has 0 fully saturated rings. The van der Waals surface area contributed by atoms with Crippen LogP contribution in [0.2, 0.25) is 0 Å². The number of benzene rings is 2. The Morgan fingerprint density at radius 3 is 2.77 bits per heavy atom. The summed E-state index contributed by atoms with van der Waals surface area (Å²) >= 11 is 1.38. The van der Waals surface area contributed by atoms with Crippen LogP contribution in [-0.4, -0.2) is 25.0 Å². The second-order valence-electron chi connectivity index (χ2n) is 5.77. The van der Waals surface area contributed by atoms with Crippen molar-refractivity contribution in [2.24, 2.45) is 0 Å². The molecule has 2 heterocycles. The van der Waals surface area contributed by atoms with Gasteiger partial charge < -0.3 is 4.57 Å². The molecule has 0 N–H and O–H groups in total. The van der Waals surface area contributed by atoms with E-state index < -0.39 is 22.5 Å². The van der Waals surface area contributed by atoms with Crippen molar-refractivity contribution in [1.82, 2.24) is 14.5 Å². The molecule has 0 aliphatic heterocycles. The number of para-hydroxylation sites is 1. The van der Waals surface area contributed by atoms with Gasteiger partial charge in [0, 0.05) is 6.26 Å². The largest absolute Gasteiger partial charge is 0.416 e. The number of imidazole rings is 1. The van der Waals surface area contributed by atoms with Gasteiger partial charge in [-0.15, -0.1) is 11.3 Å². The monoisotopic (exact) mass is 395 g/mol. The maximum atomic E-state index is 12.8. The summed E-state index contributed by atoms with van der Waals surface area (Å²) < 4.78 is 53.5. The molecule has 4 aromatic rings. The van der Waals surface area contributed by atoms with E-state index in [2.05, 4.69) is 9.97 Å². The normalized spacial score (nSPS) is 13.5. The van der Waals surface area contributed by atoms with E-state index in [4.69, 9.17) is 0 Å². The lowest BCUT2D eigenvalue weighted by Crippen LogP contribution is -2.04. The van der Waals surface area contributed by atoms with Crippen molar-refractivity contribution < 1.29 is 17.4 Å². The Labute approximate surface area is 152 Å². The fraction of sp³-hybridized carbons (Fsp3) is 0.176. The number of rotatable bonds is 3. The van der Waals surface area contributed by atoms with Gasteiger partial charge in [-0.2, -0.15) is 13.2 Å². The van der Waals surface area contributed by atoms with Gasteiger partial charge in [0.15, 0.2) is 4.34 Å². The molecule has 0 saturated carbocycles. The number of alkyl halides is 3. The van der Waals surface area contributed by atoms with Crippen molar-refractivity contribution >= 4 is 43.4 Å². The molecule has 1 atom stereocenters. The summed E-state index contributed by atoms with van der Waals surface area (Å²) in [7, 11) is -1.16. The van der Waals surface area contributed by atoms with Crippen LogP contribution in [0.15, 0.2) is 47.1 Å². The summed E-state index contributed by atoms with van der Waals surface area (Å²) in [5.41, 5.74) is 1.85. The second-order valence-corrected chi connectivity index (χ2v) is 8.36. The van der Waals surface area contributed by atoms with E-state index in [0.717, 1.165) is 27.9 Å². The predicted octanol–water partition coefficient (Wildman–Crippen LogP) is 4.45. The van der Waals surface area contributed by atoms with E-state index in [9.17, 15) is 17.4 Å². The molecule has 134 valence electrons. The summed E-state index contributed by atoms with van der Waals surface area (Å²) in [5.74, 6) is 0. The molecule has 0 spiro atoms. The van der Waals surface area contributed by atoms with Crippen molar-refractivity contribution in [1.29, 1.82) is 0 Å². The highest BCUT2D eigenvalue weighted by Crippen LogP contribution is 2.32. The zero-order chi connectivity index (χ0) is 18.5. The minimum atomic E-state index is -4.39. The van der Waals surface area contributed by atoms with Crippen molar-refractivity contribution in [2.45, 2.75) is 17.1 Å². The van der Waals surface area contributed by atoms with Gasteiger partial charge in [0.05, 0.1) is 50.5 Å². The molecular weight excluding hydrogens is 383 g/mol. The fourth-order valence-corrected chi connectivity index (χ4v) is 4.49. The van der Waals surface area contributed by atoms with Crippen LogP contribution in [0.1, 0.15) is 11.1 Å². The summed E-state index contributed by atoms with van der Waals surface area (Å²) in [6.45, 7) is 0.415. The van der Waals surface area contributed by atoms with Gasteiger partial charge in [-0.1, -0.05) is 12.1 Å².